The lowest BCUT2D eigenvalue weighted by Gasteiger charge is -2.10. The molecule has 0 aliphatic carbocycles. The molecule has 0 spiro atoms. The first-order valence-corrected chi connectivity index (χ1v) is 6.25. The van der Waals surface area contributed by atoms with Crippen molar-refractivity contribution in [2.45, 2.75) is 25.8 Å². The summed E-state index contributed by atoms with van der Waals surface area (Å²) in [6.45, 7) is 2.49. The van der Waals surface area contributed by atoms with Crippen molar-refractivity contribution < 1.29 is 9.53 Å². The molecule has 0 aliphatic rings. The summed E-state index contributed by atoms with van der Waals surface area (Å²) in [5.41, 5.74) is 6.39. The normalized spacial score (nSPS) is 12.0. The Morgan fingerprint density at radius 3 is 2.89 bits per heavy atom. The summed E-state index contributed by atoms with van der Waals surface area (Å²) in [4.78, 5) is 11.7. The summed E-state index contributed by atoms with van der Waals surface area (Å²) in [6, 6.07) is 5.32. The number of carbonyl (C=O) groups is 1. The molecule has 5 heteroatoms. The number of carbonyl (C=O) groups excluding carboxylic acids is 1. The molecule has 3 N–H and O–H groups in total. The molecule has 1 aromatic carbocycles. The number of methoxy groups -OCH3 is 1. The topological polar surface area (TPSA) is 64.3 Å². The zero-order chi connectivity index (χ0) is 13.5. The Balaban J connectivity index is 2.55. The van der Waals surface area contributed by atoms with E-state index in [1.807, 2.05) is 6.92 Å². The number of hydrogen-bond acceptors (Lipinski definition) is 3. The number of halogens is 1. The van der Waals surface area contributed by atoms with Gasteiger partial charge in [0, 0.05) is 23.2 Å². The number of benzene rings is 1. The fraction of sp³-hybridized carbons (Fsp3) is 0.462. The van der Waals surface area contributed by atoms with Crippen molar-refractivity contribution in [3.05, 3.63) is 28.8 Å². The fourth-order valence-electron chi connectivity index (χ4n) is 1.56. The molecule has 4 nitrogen and oxygen atoms in total. The summed E-state index contributed by atoms with van der Waals surface area (Å²) >= 11 is 5.90. The van der Waals surface area contributed by atoms with Gasteiger partial charge >= 0.3 is 0 Å². The highest BCUT2D eigenvalue weighted by molar-refractivity contribution is 6.30. The largest absolute Gasteiger partial charge is 0.496 e. The average molecular weight is 271 g/mol. The van der Waals surface area contributed by atoms with Crippen LogP contribution in [-0.4, -0.2) is 25.6 Å². The maximum Gasteiger partial charge on any atom is 0.224 e. The molecule has 1 aromatic rings. The van der Waals surface area contributed by atoms with E-state index in [-0.39, 0.29) is 18.4 Å². The average Bonchev–Trinajstić information content (AvgIpc) is 2.28. The molecule has 0 fully saturated rings. The summed E-state index contributed by atoms with van der Waals surface area (Å²) in [7, 11) is 1.57. The number of amides is 1. The van der Waals surface area contributed by atoms with Crippen LogP contribution in [0.3, 0.4) is 0 Å². The highest BCUT2D eigenvalue weighted by Gasteiger charge is 2.09. The zero-order valence-corrected chi connectivity index (χ0v) is 11.5. The van der Waals surface area contributed by atoms with Gasteiger partial charge in [-0.1, -0.05) is 11.6 Å². The van der Waals surface area contributed by atoms with Gasteiger partial charge in [0.05, 0.1) is 13.5 Å². The summed E-state index contributed by atoms with van der Waals surface area (Å²) in [5, 5.41) is 3.41. The van der Waals surface area contributed by atoms with Gasteiger partial charge in [-0.3, -0.25) is 4.79 Å². The SMILES string of the molecule is COc1ccc(Cl)cc1CC(=O)NCCC(C)N. The van der Waals surface area contributed by atoms with Crippen molar-refractivity contribution in [2.24, 2.45) is 5.73 Å². The molecule has 0 saturated carbocycles. The van der Waals surface area contributed by atoms with Crippen LogP contribution in [0.4, 0.5) is 0 Å². The van der Waals surface area contributed by atoms with Gasteiger partial charge in [-0.05, 0) is 31.5 Å². The van der Waals surface area contributed by atoms with E-state index in [2.05, 4.69) is 5.32 Å². The first kappa shape index (κ1) is 14.8. The second kappa shape index (κ2) is 7.24. The highest BCUT2D eigenvalue weighted by Crippen LogP contribution is 2.22. The zero-order valence-electron chi connectivity index (χ0n) is 10.7. The molecule has 1 unspecified atom stereocenters. The first-order valence-electron chi connectivity index (χ1n) is 5.87. The molecule has 0 aliphatic heterocycles. The number of nitrogens with two attached hydrogens (primary N) is 1. The van der Waals surface area contributed by atoms with E-state index in [0.29, 0.717) is 17.3 Å². The minimum Gasteiger partial charge on any atom is -0.496 e. The quantitative estimate of drug-likeness (QED) is 0.828. The monoisotopic (exact) mass is 270 g/mol. The standard InChI is InChI=1S/C13H19ClN2O2/c1-9(15)5-6-16-13(17)8-10-7-11(14)3-4-12(10)18-2/h3-4,7,9H,5-6,8,15H2,1-2H3,(H,16,17). The molecular formula is C13H19ClN2O2. The Hall–Kier alpha value is -1.26. The predicted molar refractivity (Wildman–Crippen MR) is 73.0 cm³/mol. The fourth-order valence-corrected chi connectivity index (χ4v) is 1.75. The van der Waals surface area contributed by atoms with Gasteiger partial charge in [0.1, 0.15) is 5.75 Å². The van der Waals surface area contributed by atoms with Crippen molar-refractivity contribution in [1.29, 1.82) is 0 Å². The molecule has 0 radical (unpaired) electrons. The summed E-state index contributed by atoms with van der Waals surface area (Å²) in [6.07, 6.45) is 1.01. The Bertz CT molecular complexity index is 408. The van der Waals surface area contributed by atoms with E-state index in [4.69, 9.17) is 22.1 Å². The van der Waals surface area contributed by atoms with Crippen molar-refractivity contribution in [2.75, 3.05) is 13.7 Å². The molecule has 0 heterocycles. The van der Waals surface area contributed by atoms with Crippen LogP contribution in [-0.2, 0) is 11.2 Å². The van der Waals surface area contributed by atoms with Crippen LogP contribution in [0, 0.1) is 0 Å². The Morgan fingerprint density at radius 1 is 1.56 bits per heavy atom. The van der Waals surface area contributed by atoms with Gasteiger partial charge in [-0.2, -0.15) is 0 Å². The maximum atomic E-state index is 11.7. The Morgan fingerprint density at radius 2 is 2.28 bits per heavy atom. The maximum absolute atomic E-state index is 11.7. The van der Waals surface area contributed by atoms with E-state index < -0.39 is 0 Å². The second-order valence-electron chi connectivity index (χ2n) is 4.25. The summed E-state index contributed by atoms with van der Waals surface area (Å²) in [5.74, 6) is 0.609. The minimum atomic E-state index is -0.0591. The summed E-state index contributed by atoms with van der Waals surface area (Å²) < 4.78 is 5.19. The third kappa shape index (κ3) is 4.94. The molecule has 0 bridgehead atoms. The second-order valence-corrected chi connectivity index (χ2v) is 4.69. The van der Waals surface area contributed by atoms with Gasteiger partial charge in [-0.15, -0.1) is 0 Å². The van der Waals surface area contributed by atoms with Gasteiger partial charge in [0.15, 0.2) is 0 Å². The Kier molecular flexibility index (Phi) is 5.95. The molecule has 100 valence electrons. The van der Waals surface area contributed by atoms with E-state index in [0.717, 1.165) is 12.0 Å². The first-order chi connectivity index (χ1) is 8.52. The van der Waals surface area contributed by atoms with Gasteiger partial charge in [-0.25, -0.2) is 0 Å². The van der Waals surface area contributed by atoms with Crippen LogP contribution >= 0.6 is 11.6 Å². The lowest BCUT2D eigenvalue weighted by molar-refractivity contribution is -0.120. The molecule has 1 rings (SSSR count). The highest BCUT2D eigenvalue weighted by atomic mass is 35.5. The lowest BCUT2D eigenvalue weighted by Crippen LogP contribution is -2.30. The van der Waals surface area contributed by atoms with Gasteiger partial charge in [0.2, 0.25) is 5.91 Å². The van der Waals surface area contributed by atoms with Gasteiger partial charge < -0.3 is 15.8 Å². The lowest BCUT2D eigenvalue weighted by atomic mass is 10.1. The van der Waals surface area contributed by atoms with E-state index >= 15 is 0 Å². The number of ether oxygens (including phenoxy) is 1. The Labute approximate surface area is 112 Å². The van der Waals surface area contributed by atoms with Crippen LogP contribution in [0.1, 0.15) is 18.9 Å². The van der Waals surface area contributed by atoms with Crippen LogP contribution in [0.15, 0.2) is 18.2 Å². The number of nitrogens with one attached hydrogen (secondary N) is 1. The smallest absolute Gasteiger partial charge is 0.224 e. The molecule has 18 heavy (non-hydrogen) atoms. The molecule has 1 atom stereocenters. The van der Waals surface area contributed by atoms with Crippen molar-refractivity contribution in [3.8, 4) is 5.75 Å². The van der Waals surface area contributed by atoms with Crippen molar-refractivity contribution >= 4 is 17.5 Å². The minimum absolute atomic E-state index is 0.0591. The molecular weight excluding hydrogens is 252 g/mol. The third-order valence-electron chi connectivity index (χ3n) is 2.52. The van der Waals surface area contributed by atoms with E-state index in [1.165, 1.54) is 0 Å². The van der Waals surface area contributed by atoms with E-state index in [1.54, 1.807) is 25.3 Å². The van der Waals surface area contributed by atoms with Gasteiger partial charge in [0.25, 0.3) is 0 Å². The number of rotatable bonds is 6. The molecule has 0 saturated heterocycles. The van der Waals surface area contributed by atoms with Crippen LogP contribution in [0.25, 0.3) is 0 Å². The van der Waals surface area contributed by atoms with E-state index in [9.17, 15) is 4.79 Å². The third-order valence-corrected chi connectivity index (χ3v) is 2.75. The number of hydrogen-bond donors (Lipinski definition) is 2. The molecule has 1 amide bonds. The predicted octanol–water partition coefficient (Wildman–Crippen LogP) is 1.74. The van der Waals surface area contributed by atoms with Crippen LogP contribution in [0.5, 0.6) is 5.75 Å². The van der Waals surface area contributed by atoms with Crippen molar-refractivity contribution in [3.63, 3.8) is 0 Å². The van der Waals surface area contributed by atoms with Crippen molar-refractivity contribution in [1.82, 2.24) is 5.32 Å². The molecule has 0 aromatic heterocycles. The van der Waals surface area contributed by atoms with Crippen LogP contribution < -0.4 is 15.8 Å². The van der Waals surface area contributed by atoms with Crippen LogP contribution in [0.2, 0.25) is 5.02 Å².